The zero-order valence-corrected chi connectivity index (χ0v) is 30.8. The van der Waals surface area contributed by atoms with Crippen LogP contribution in [0.3, 0.4) is 0 Å². The summed E-state index contributed by atoms with van der Waals surface area (Å²) >= 11 is 0. The summed E-state index contributed by atoms with van der Waals surface area (Å²) in [5, 5.41) is 0. The normalized spacial score (nSPS) is 13.2. The van der Waals surface area contributed by atoms with Gasteiger partial charge >= 0.3 is 17.9 Å². The lowest BCUT2D eigenvalue weighted by atomic mass is 10.1. The first kappa shape index (κ1) is 39.5. The summed E-state index contributed by atoms with van der Waals surface area (Å²) in [6, 6.07) is 34.4. The zero-order chi connectivity index (χ0) is 38.7. The Labute approximate surface area is 313 Å². The van der Waals surface area contributed by atoms with Crippen LogP contribution in [0.15, 0.2) is 149 Å². The minimum atomic E-state index is -4.52. The molecule has 5 aromatic rings. The van der Waals surface area contributed by atoms with Gasteiger partial charge in [-0.3, -0.25) is 8.37 Å². The van der Waals surface area contributed by atoms with Crippen LogP contribution in [0.25, 0.3) is 0 Å². The molecule has 5 rings (SSSR count). The summed E-state index contributed by atoms with van der Waals surface area (Å²) < 4.78 is 81.7. The van der Waals surface area contributed by atoms with Gasteiger partial charge in [0.25, 0.3) is 20.2 Å². The number of carbonyl (C=O) groups excluding carboxylic acids is 3. The van der Waals surface area contributed by atoms with Crippen LogP contribution >= 0.6 is 0 Å². The maximum absolute atomic E-state index is 13.7. The first-order valence-corrected chi connectivity index (χ1v) is 19.3. The highest BCUT2D eigenvalue weighted by Crippen LogP contribution is 2.24. The summed E-state index contributed by atoms with van der Waals surface area (Å²) in [7, 11) is -9.04. The van der Waals surface area contributed by atoms with E-state index in [0.717, 1.165) is 11.1 Å². The van der Waals surface area contributed by atoms with Gasteiger partial charge in [-0.15, -0.1) is 0 Å². The Morgan fingerprint density at radius 1 is 0.444 bits per heavy atom. The summed E-state index contributed by atoms with van der Waals surface area (Å²) in [4.78, 5) is 40.3. The molecule has 5 aromatic carbocycles. The second-order valence-corrected chi connectivity index (χ2v) is 15.2. The van der Waals surface area contributed by atoms with E-state index < -0.39 is 69.7 Å². The quantitative estimate of drug-likeness (QED) is 0.0645. The van der Waals surface area contributed by atoms with E-state index in [2.05, 4.69) is 0 Å². The average molecular weight is 773 g/mol. The van der Waals surface area contributed by atoms with Gasteiger partial charge in [0.1, 0.15) is 13.2 Å². The molecule has 0 aromatic heterocycles. The van der Waals surface area contributed by atoms with E-state index in [9.17, 15) is 31.2 Å². The number of hydrogen-bond acceptors (Lipinski definition) is 12. The highest BCUT2D eigenvalue weighted by atomic mass is 32.2. The second kappa shape index (κ2) is 17.9. The van der Waals surface area contributed by atoms with Crippen LogP contribution in [0.4, 0.5) is 0 Å². The summed E-state index contributed by atoms with van der Waals surface area (Å²) in [6.07, 6.45) is -5.60. The van der Waals surface area contributed by atoms with Crippen LogP contribution in [0.5, 0.6) is 0 Å². The predicted octanol–water partition coefficient (Wildman–Crippen LogP) is 6.09. The summed E-state index contributed by atoms with van der Waals surface area (Å²) in [5.74, 6) is -2.98. The molecule has 0 aliphatic carbocycles. The number of carbonyl (C=O) groups is 3. The number of esters is 3. The van der Waals surface area contributed by atoms with Gasteiger partial charge < -0.3 is 14.2 Å². The molecular formula is C40H36O12S2. The van der Waals surface area contributed by atoms with Gasteiger partial charge in [0.15, 0.2) is 18.3 Å². The predicted molar refractivity (Wildman–Crippen MR) is 196 cm³/mol. The van der Waals surface area contributed by atoms with E-state index in [4.69, 9.17) is 22.6 Å². The van der Waals surface area contributed by atoms with E-state index >= 15 is 0 Å². The summed E-state index contributed by atoms with van der Waals surface area (Å²) in [6.45, 7) is 1.59. The lowest BCUT2D eigenvalue weighted by molar-refractivity contribution is -0.104. The molecule has 280 valence electrons. The molecule has 0 spiro atoms. The molecule has 0 amide bonds. The third kappa shape index (κ3) is 10.7. The fourth-order valence-electron chi connectivity index (χ4n) is 4.97. The Hall–Kier alpha value is -5.67. The maximum atomic E-state index is 13.7. The van der Waals surface area contributed by atoms with Gasteiger partial charge in [-0.2, -0.15) is 16.8 Å². The molecule has 0 N–H and O–H groups in total. The number of ether oxygens (including phenoxy) is 3. The minimum absolute atomic E-state index is 0.0187. The van der Waals surface area contributed by atoms with E-state index in [1.807, 2.05) is 0 Å². The van der Waals surface area contributed by atoms with Crippen molar-refractivity contribution in [1.82, 2.24) is 0 Å². The molecule has 0 aliphatic rings. The molecule has 14 heteroatoms. The fraction of sp³-hybridized carbons (Fsp3) is 0.175. The largest absolute Gasteiger partial charge is 0.452 e. The molecule has 2 unspecified atom stereocenters. The van der Waals surface area contributed by atoms with Crippen molar-refractivity contribution >= 4 is 38.1 Å². The highest BCUT2D eigenvalue weighted by molar-refractivity contribution is 7.87. The first-order chi connectivity index (χ1) is 25.8. The Bertz CT molecular complexity index is 2110. The molecular weight excluding hydrogens is 737 g/mol. The number of aryl methyl sites for hydroxylation is 2. The van der Waals surface area contributed by atoms with Crippen molar-refractivity contribution in [3.63, 3.8) is 0 Å². The molecule has 0 saturated heterocycles. The fourth-order valence-corrected chi connectivity index (χ4v) is 6.81. The van der Waals surface area contributed by atoms with Crippen molar-refractivity contribution in [2.45, 2.75) is 42.0 Å². The van der Waals surface area contributed by atoms with Gasteiger partial charge in [-0.25, -0.2) is 14.4 Å². The molecule has 54 heavy (non-hydrogen) atoms. The maximum Gasteiger partial charge on any atom is 0.338 e. The average Bonchev–Trinajstić information content (AvgIpc) is 3.18. The molecule has 12 nitrogen and oxygen atoms in total. The third-order valence-electron chi connectivity index (χ3n) is 7.92. The van der Waals surface area contributed by atoms with Crippen LogP contribution < -0.4 is 0 Å². The van der Waals surface area contributed by atoms with Crippen LogP contribution in [0, 0.1) is 13.8 Å². The minimum Gasteiger partial charge on any atom is -0.452 e. The topological polar surface area (TPSA) is 166 Å². The van der Waals surface area contributed by atoms with Crippen molar-refractivity contribution in [2.24, 2.45) is 0 Å². The van der Waals surface area contributed by atoms with Gasteiger partial charge in [-0.1, -0.05) is 90.0 Å². The van der Waals surface area contributed by atoms with Crippen molar-refractivity contribution in [2.75, 3.05) is 13.2 Å². The van der Waals surface area contributed by atoms with Gasteiger partial charge in [-0.05, 0) is 74.5 Å². The van der Waals surface area contributed by atoms with E-state index in [0.29, 0.717) is 0 Å². The third-order valence-corrected chi connectivity index (χ3v) is 10.5. The van der Waals surface area contributed by atoms with Crippen molar-refractivity contribution < 1.29 is 53.8 Å². The monoisotopic (exact) mass is 772 g/mol. The van der Waals surface area contributed by atoms with Crippen molar-refractivity contribution in [3.8, 4) is 0 Å². The van der Waals surface area contributed by atoms with E-state index in [-0.39, 0.29) is 26.5 Å². The molecule has 0 fully saturated rings. The van der Waals surface area contributed by atoms with Crippen LogP contribution in [-0.2, 0) is 42.8 Å². The number of hydrogen-bond donors (Lipinski definition) is 0. The van der Waals surface area contributed by atoms with Crippen molar-refractivity contribution in [3.05, 3.63) is 167 Å². The lowest BCUT2D eigenvalue weighted by Crippen LogP contribution is -2.50. The van der Waals surface area contributed by atoms with Gasteiger partial charge in [0.05, 0.1) is 26.5 Å². The molecule has 0 heterocycles. The van der Waals surface area contributed by atoms with Crippen LogP contribution in [-0.4, -0.2) is 66.3 Å². The SMILES string of the molecule is Cc1ccc(S(=O)(=O)OCC(OC(=O)c2ccccc2)C(OC(=O)c2ccccc2)C(COS(=O)(=O)c2ccc(C)cc2)OC(=O)c2ccccc2)cc1. The zero-order valence-electron chi connectivity index (χ0n) is 29.1. The van der Waals surface area contributed by atoms with Gasteiger partial charge in [0.2, 0.25) is 0 Å². The molecule has 0 bridgehead atoms. The standard InChI is InChI=1S/C40H36O12S2/c1-28-18-22-33(23-19-28)53(44,45)48-26-35(50-38(41)30-12-6-3-7-13-30)37(52-40(43)32-16-10-5-11-17-32)36(51-39(42)31-14-8-4-9-15-31)27-49-54(46,47)34-24-20-29(2)21-25-34/h3-25,35-37H,26-27H2,1-2H3. The molecule has 0 aliphatic heterocycles. The molecule has 0 saturated carbocycles. The highest BCUT2D eigenvalue weighted by Gasteiger charge is 2.41. The van der Waals surface area contributed by atoms with Crippen LogP contribution in [0.1, 0.15) is 42.2 Å². The van der Waals surface area contributed by atoms with Gasteiger partial charge in [0, 0.05) is 0 Å². The number of rotatable bonds is 16. The van der Waals surface area contributed by atoms with Crippen molar-refractivity contribution in [1.29, 1.82) is 0 Å². The van der Waals surface area contributed by atoms with E-state index in [1.165, 1.54) is 60.7 Å². The lowest BCUT2D eigenvalue weighted by Gasteiger charge is -2.32. The Morgan fingerprint density at radius 3 is 1.06 bits per heavy atom. The van der Waals surface area contributed by atoms with E-state index in [1.54, 1.807) is 92.7 Å². The Kier molecular flexibility index (Phi) is 13.1. The second-order valence-electron chi connectivity index (χ2n) is 12.0. The Balaban J connectivity index is 1.58. The number of benzene rings is 5. The Morgan fingerprint density at radius 2 is 0.741 bits per heavy atom. The molecule has 2 atom stereocenters. The van der Waals surface area contributed by atoms with Crippen LogP contribution in [0.2, 0.25) is 0 Å². The smallest absolute Gasteiger partial charge is 0.338 e. The molecule has 0 radical (unpaired) electrons. The first-order valence-electron chi connectivity index (χ1n) is 16.5. The summed E-state index contributed by atoms with van der Waals surface area (Å²) in [5.41, 5.74) is 1.65.